The molecule has 1 aromatic carbocycles. The van der Waals surface area contributed by atoms with Gasteiger partial charge in [0.05, 0.1) is 17.4 Å². The third kappa shape index (κ3) is 1.76. The molecule has 0 amide bonds. The highest BCUT2D eigenvalue weighted by Crippen LogP contribution is 2.14. The summed E-state index contributed by atoms with van der Waals surface area (Å²) in [4.78, 5) is 15.8. The lowest BCUT2D eigenvalue weighted by atomic mass is 10.1. The van der Waals surface area contributed by atoms with Crippen LogP contribution in [0, 0.1) is 0 Å². The van der Waals surface area contributed by atoms with E-state index >= 15 is 0 Å². The normalized spacial score (nSPS) is 10.8. The van der Waals surface area contributed by atoms with E-state index in [2.05, 4.69) is 4.98 Å². The van der Waals surface area contributed by atoms with Crippen LogP contribution in [-0.2, 0) is 7.05 Å². The second-order valence-electron chi connectivity index (χ2n) is 3.52. The highest BCUT2D eigenvalue weighted by atomic mass is 16.1. The lowest BCUT2D eigenvalue weighted by Crippen LogP contribution is -2.07. The van der Waals surface area contributed by atoms with Crippen molar-refractivity contribution in [2.24, 2.45) is 12.8 Å². The van der Waals surface area contributed by atoms with E-state index in [1.165, 1.54) is 0 Å². The van der Waals surface area contributed by atoms with Crippen molar-refractivity contribution in [1.82, 2.24) is 9.55 Å². The van der Waals surface area contributed by atoms with Gasteiger partial charge in [-0.2, -0.15) is 0 Å². The van der Waals surface area contributed by atoms with Gasteiger partial charge in [0, 0.05) is 19.0 Å². The van der Waals surface area contributed by atoms with E-state index in [1.54, 1.807) is 6.33 Å². The standard InChI is InChI=1S/C11H13N3O/c1-14-7-13-9-6-8(2-3-10(9)14)11(15)4-5-12/h2-3,6-7H,4-5,12H2,1H3. The Balaban J connectivity index is 2.43. The van der Waals surface area contributed by atoms with Crippen LogP contribution in [0.4, 0.5) is 0 Å². The quantitative estimate of drug-likeness (QED) is 0.760. The Hall–Kier alpha value is -1.68. The molecule has 0 radical (unpaired) electrons. The number of carbonyl (C=O) groups is 1. The fraction of sp³-hybridized carbons (Fsp3) is 0.273. The highest BCUT2D eigenvalue weighted by Gasteiger charge is 2.07. The number of nitrogens with zero attached hydrogens (tertiary/aromatic N) is 2. The monoisotopic (exact) mass is 203 g/mol. The molecule has 0 aliphatic heterocycles. The number of hydrogen-bond acceptors (Lipinski definition) is 3. The van der Waals surface area contributed by atoms with Crippen LogP contribution in [0.25, 0.3) is 11.0 Å². The van der Waals surface area contributed by atoms with E-state index in [4.69, 9.17) is 5.73 Å². The molecule has 2 N–H and O–H groups in total. The number of carbonyl (C=O) groups excluding carboxylic acids is 1. The fourth-order valence-corrected chi connectivity index (χ4v) is 1.58. The topological polar surface area (TPSA) is 60.9 Å². The maximum Gasteiger partial charge on any atom is 0.164 e. The van der Waals surface area contributed by atoms with E-state index in [1.807, 2.05) is 29.8 Å². The smallest absolute Gasteiger partial charge is 0.164 e. The molecule has 1 heterocycles. The molecule has 78 valence electrons. The van der Waals surface area contributed by atoms with Gasteiger partial charge in [-0.15, -0.1) is 0 Å². The lowest BCUT2D eigenvalue weighted by Gasteiger charge is -1.99. The van der Waals surface area contributed by atoms with Gasteiger partial charge in [0.25, 0.3) is 0 Å². The van der Waals surface area contributed by atoms with Crippen LogP contribution in [0.5, 0.6) is 0 Å². The van der Waals surface area contributed by atoms with Crippen molar-refractivity contribution in [3.8, 4) is 0 Å². The number of aryl methyl sites for hydroxylation is 1. The molecule has 2 aromatic rings. The predicted molar refractivity (Wildman–Crippen MR) is 58.7 cm³/mol. The van der Waals surface area contributed by atoms with Crippen molar-refractivity contribution in [2.45, 2.75) is 6.42 Å². The largest absolute Gasteiger partial charge is 0.334 e. The Morgan fingerprint density at radius 2 is 2.33 bits per heavy atom. The van der Waals surface area contributed by atoms with Gasteiger partial charge in [0.2, 0.25) is 0 Å². The molecule has 0 fully saturated rings. The average Bonchev–Trinajstić information content (AvgIpc) is 2.60. The number of aromatic nitrogens is 2. The van der Waals surface area contributed by atoms with Gasteiger partial charge < -0.3 is 10.3 Å². The van der Waals surface area contributed by atoms with E-state index < -0.39 is 0 Å². The van der Waals surface area contributed by atoms with Crippen molar-refractivity contribution in [1.29, 1.82) is 0 Å². The molecule has 0 unspecified atom stereocenters. The van der Waals surface area contributed by atoms with Crippen LogP contribution < -0.4 is 5.73 Å². The summed E-state index contributed by atoms with van der Waals surface area (Å²) in [6, 6.07) is 5.54. The van der Waals surface area contributed by atoms with Gasteiger partial charge >= 0.3 is 0 Å². The minimum Gasteiger partial charge on any atom is -0.334 e. The van der Waals surface area contributed by atoms with Crippen LogP contribution in [0.15, 0.2) is 24.5 Å². The zero-order valence-corrected chi connectivity index (χ0v) is 8.60. The van der Waals surface area contributed by atoms with Crippen LogP contribution >= 0.6 is 0 Å². The molecular weight excluding hydrogens is 190 g/mol. The molecule has 0 atom stereocenters. The van der Waals surface area contributed by atoms with Crippen molar-refractivity contribution in [3.05, 3.63) is 30.1 Å². The second-order valence-corrected chi connectivity index (χ2v) is 3.52. The summed E-state index contributed by atoms with van der Waals surface area (Å²) in [5, 5.41) is 0. The van der Waals surface area contributed by atoms with Gasteiger partial charge in [-0.3, -0.25) is 4.79 Å². The van der Waals surface area contributed by atoms with Gasteiger partial charge in [0.1, 0.15) is 0 Å². The Morgan fingerprint density at radius 3 is 3.07 bits per heavy atom. The molecule has 2 rings (SSSR count). The maximum atomic E-state index is 11.6. The zero-order chi connectivity index (χ0) is 10.8. The number of hydrogen-bond donors (Lipinski definition) is 1. The lowest BCUT2D eigenvalue weighted by molar-refractivity contribution is 0.0985. The first-order valence-corrected chi connectivity index (χ1v) is 4.86. The van der Waals surface area contributed by atoms with Crippen LogP contribution in [-0.4, -0.2) is 21.9 Å². The molecule has 0 bridgehead atoms. The summed E-state index contributed by atoms with van der Waals surface area (Å²) < 4.78 is 1.92. The Kier molecular flexibility index (Phi) is 2.51. The highest BCUT2D eigenvalue weighted by molar-refractivity contribution is 5.98. The van der Waals surface area contributed by atoms with Crippen molar-refractivity contribution in [2.75, 3.05) is 6.54 Å². The molecule has 15 heavy (non-hydrogen) atoms. The molecule has 0 saturated heterocycles. The van der Waals surface area contributed by atoms with Crippen molar-refractivity contribution < 1.29 is 4.79 Å². The number of benzene rings is 1. The zero-order valence-electron chi connectivity index (χ0n) is 8.60. The van der Waals surface area contributed by atoms with E-state index in [-0.39, 0.29) is 5.78 Å². The predicted octanol–water partition coefficient (Wildman–Crippen LogP) is 1.10. The summed E-state index contributed by atoms with van der Waals surface area (Å²) in [7, 11) is 1.93. The molecular formula is C11H13N3O. The number of ketones is 1. The minimum absolute atomic E-state index is 0.0741. The Labute approximate surface area is 87.7 Å². The summed E-state index contributed by atoms with van der Waals surface area (Å²) in [5.74, 6) is 0.0741. The molecule has 0 spiro atoms. The Bertz CT molecular complexity index is 502. The van der Waals surface area contributed by atoms with Crippen molar-refractivity contribution >= 4 is 16.8 Å². The number of Topliss-reactive ketones (excluding diaryl/α,β-unsaturated/α-hetero) is 1. The summed E-state index contributed by atoms with van der Waals surface area (Å²) >= 11 is 0. The van der Waals surface area contributed by atoms with Gasteiger partial charge in [-0.05, 0) is 24.7 Å². The first-order valence-electron chi connectivity index (χ1n) is 4.86. The number of fused-ring (bicyclic) bond motifs is 1. The third-order valence-electron chi connectivity index (χ3n) is 2.42. The molecule has 4 nitrogen and oxygen atoms in total. The molecule has 0 saturated carbocycles. The van der Waals surface area contributed by atoms with E-state index in [9.17, 15) is 4.79 Å². The Morgan fingerprint density at radius 1 is 1.53 bits per heavy atom. The molecule has 0 aliphatic rings. The van der Waals surface area contributed by atoms with E-state index in [0.717, 1.165) is 11.0 Å². The van der Waals surface area contributed by atoms with Gasteiger partial charge in [-0.25, -0.2) is 4.98 Å². The molecule has 1 aromatic heterocycles. The number of imidazole rings is 1. The average molecular weight is 203 g/mol. The minimum atomic E-state index is 0.0741. The molecule has 0 aliphatic carbocycles. The summed E-state index contributed by atoms with van der Waals surface area (Å²) in [5.41, 5.74) is 7.90. The summed E-state index contributed by atoms with van der Waals surface area (Å²) in [6.45, 7) is 0.388. The number of rotatable bonds is 3. The van der Waals surface area contributed by atoms with Crippen LogP contribution in [0.2, 0.25) is 0 Å². The summed E-state index contributed by atoms with van der Waals surface area (Å²) in [6.07, 6.45) is 2.13. The van der Waals surface area contributed by atoms with Crippen LogP contribution in [0.3, 0.4) is 0 Å². The second kappa shape index (κ2) is 3.82. The fourth-order valence-electron chi connectivity index (χ4n) is 1.58. The van der Waals surface area contributed by atoms with Gasteiger partial charge in [0.15, 0.2) is 5.78 Å². The van der Waals surface area contributed by atoms with E-state index in [0.29, 0.717) is 18.5 Å². The molecule has 4 heteroatoms. The van der Waals surface area contributed by atoms with Gasteiger partial charge in [-0.1, -0.05) is 0 Å². The maximum absolute atomic E-state index is 11.6. The van der Waals surface area contributed by atoms with Crippen molar-refractivity contribution in [3.63, 3.8) is 0 Å². The third-order valence-corrected chi connectivity index (χ3v) is 2.42. The SMILES string of the molecule is Cn1cnc2cc(C(=O)CCN)ccc21. The first kappa shape index (κ1) is 9.86. The number of nitrogens with two attached hydrogens (primary N) is 1. The first-order chi connectivity index (χ1) is 7.22. The van der Waals surface area contributed by atoms with Crippen LogP contribution in [0.1, 0.15) is 16.8 Å².